The highest BCUT2D eigenvalue weighted by Crippen LogP contribution is 2.26. The molecule has 0 spiro atoms. The van der Waals surface area contributed by atoms with Gasteiger partial charge in [-0.3, -0.25) is 0 Å². The molecule has 24 heavy (non-hydrogen) atoms. The van der Waals surface area contributed by atoms with Crippen molar-refractivity contribution in [1.82, 2.24) is 9.97 Å². The maximum atomic E-state index is 12.6. The zero-order chi connectivity index (χ0) is 17.9. The van der Waals surface area contributed by atoms with E-state index in [1.807, 2.05) is 0 Å². The van der Waals surface area contributed by atoms with Gasteiger partial charge in [-0.1, -0.05) is 6.07 Å². The van der Waals surface area contributed by atoms with Gasteiger partial charge in [-0.05, 0) is 50.6 Å². The molecule has 0 radical (unpaired) electrons. The Morgan fingerprint density at radius 3 is 2.42 bits per heavy atom. The first-order valence-corrected chi connectivity index (χ1v) is 7.53. The van der Waals surface area contributed by atoms with Crippen LogP contribution in [0.5, 0.6) is 0 Å². The Morgan fingerprint density at radius 2 is 1.83 bits per heavy atom. The minimum atomic E-state index is -0.682. The molecule has 0 saturated carbocycles. The number of esters is 2. The number of rotatable bonds is 3. The lowest BCUT2D eigenvalue weighted by atomic mass is 10.0. The molecule has 6 nitrogen and oxygen atoms in total. The van der Waals surface area contributed by atoms with Crippen molar-refractivity contribution >= 4 is 23.5 Å². The molecule has 7 heteroatoms. The van der Waals surface area contributed by atoms with Gasteiger partial charge in [-0.15, -0.1) is 0 Å². The van der Waals surface area contributed by atoms with E-state index in [9.17, 15) is 9.59 Å². The van der Waals surface area contributed by atoms with Crippen molar-refractivity contribution in [1.29, 1.82) is 0 Å². The maximum Gasteiger partial charge on any atom is 0.339 e. The van der Waals surface area contributed by atoms with Crippen molar-refractivity contribution in [2.75, 3.05) is 7.11 Å². The van der Waals surface area contributed by atoms with Crippen LogP contribution in [0.15, 0.2) is 30.5 Å². The van der Waals surface area contributed by atoms with E-state index in [-0.39, 0.29) is 16.4 Å². The molecular formula is C17H17ClN2O4. The smallest absolute Gasteiger partial charge is 0.339 e. The van der Waals surface area contributed by atoms with Crippen LogP contribution in [0.1, 0.15) is 41.5 Å². The molecule has 0 atom stereocenters. The Balaban J connectivity index is 2.57. The molecule has 0 aliphatic carbocycles. The van der Waals surface area contributed by atoms with Gasteiger partial charge in [0.05, 0.1) is 23.9 Å². The van der Waals surface area contributed by atoms with Crippen LogP contribution in [0.4, 0.5) is 0 Å². The fourth-order valence-electron chi connectivity index (χ4n) is 2.00. The van der Waals surface area contributed by atoms with E-state index in [4.69, 9.17) is 21.1 Å². The van der Waals surface area contributed by atoms with Gasteiger partial charge in [0, 0.05) is 11.8 Å². The van der Waals surface area contributed by atoms with Gasteiger partial charge in [0.2, 0.25) is 5.28 Å². The first kappa shape index (κ1) is 17.9. The Morgan fingerprint density at radius 1 is 1.12 bits per heavy atom. The number of benzene rings is 1. The average Bonchev–Trinajstić information content (AvgIpc) is 2.52. The normalized spacial score (nSPS) is 11.0. The number of aromatic nitrogens is 2. The third kappa shape index (κ3) is 4.29. The second-order valence-corrected chi connectivity index (χ2v) is 6.30. The highest BCUT2D eigenvalue weighted by molar-refractivity contribution is 6.28. The summed E-state index contributed by atoms with van der Waals surface area (Å²) in [6.45, 7) is 5.28. The van der Waals surface area contributed by atoms with Crippen LogP contribution < -0.4 is 0 Å². The Labute approximate surface area is 144 Å². The molecule has 0 aliphatic rings. The van der Waals surface area contributed by atoms with E-state index in [1.54, 1.807) is 39.0 Å². The molecule has 0 N–H and O–H groups in total. The van der Waals surface area contributed by atoms with Crippen molar-refractivity contribution in [2.24, 2.45) is 0 Å². The SMILES string of the molecule is COC(=O)c1ccc(-c2ccnc(Cl)n2)c(C(=O)OC(C)(C)C)c1. The second kappa shape index (κ2) is 6.97. The number of carbonyl (C=O) groups excluding carboxylic acids is 2. The van der Waals surface area contributed by atoms with E-state index >= 15 is 0 Å². The molecular weight excluding hydrogens is 332 g/mol. The first-order chi connectivity index (χ1) is 11.2. The predicted octanol–water partition coefficient (Wildman–Crippen LogP) is 3.54. The van der Waals surface area contributed by atoms with E-state index in [2.05, 4.69) is 9.97 Å². The molecule has 1 heterocycles. The summed E-state index contributed by atoms with van der Waals surface area (Å²) in [5.41, 5.74) is 0.692. The van der Waals surface area contributed by atoms with Gasteiger partial charge >= 0.3 is 11.9 Å². The lowest BCUT2D eigenvalue weighted by Gasteiger charge is -2.20. The van der Waals surface area contributed by atoms with Crippen LogP contribution in [-0.2, 0) is 9.47 Å². The fourth-order valence-corrected chi connectivity index (χ4v) is 2.15. The van der Waals surface area contributed by atoms with Gasteiger partial charge in [0.25, 0.3) is 0 Å². The Kier molecular flexibility index (Phi) is 5.19. The third-order valence-electron chi connectivity index (χ3n) is 2.96. The topological polar surface area (TPSA) is 78.4 Å². The molecule has 0 fully saturated rings. The summed E-state index contributed by atoms with van der Waals surface area (Å²) in [5, 5.41) is 0.0553. The number of hydrogen-bond donors (Lipinski definition) is 0. The van der Waals surface area contributed by atoms with Gasteiger partial charge in [-0.25, -0.2) is 19.6 Å². The van der Waals surface area contributed by atoms with Crippen molar-refractivity contribution in [3.8, 4) is 11.3 Å². The van der Waals surface area contributed by atoms with Crippen molar-refractivity contribution in [3.05, 3.63) is 46.9 Å². The van der Waals surface area contributed by atoms with Crippen LogP contribution >= 0.6 is 11.6 Å². The van der Waals surface area contributed by atoms with Gasteiger partial charge in [0.1, 0.15) is 5.60 Å². The first-order valence-electron chi connectivity index (χ1n) is 7.16. The van der Waals surface area contributed by atoms with Crippen molar-refractivity contribution in [2.45, 2.75) is 26.4 Å². The van der Waals surface area contributed by atoms with Gasteiger partial charge in [-0.2, -0.15) is 0 Å². The molecule has 0 aliphatic heterocycles. The Bertz CT molecular complexity index is 784. The van der Waals surface area contributed by atoms with E-state index in [1.165, 1.54) is 19.4 Å². The highest BCUT2D eigenvalue weighted by atomic mass is 35.5. The number of nitrogens with zero attached hydrogens (tertiary/aromatic N) is 2. The number of carbonyl (C=O) groups is 2. The highest BCUT2D eigenvalue weighted by Gasteiger charge is 2.23. The standard InChI is InChI=1S/C17H17ClN2O4/c1-17(2,3)24-15(22)12-9-10(14(21)23-4)5-6-11(12)13-7-8-19-16(18)20-13/h5-9H,1-4H3. The zero-order valence-corrected chi connectivity index (χ0v) is 14.5. The van der Waals surface area contributed by atoms with Crippen LogP contribution in [0.25, 0.3) is 11.3 Å². The molecule has 2 aromatic rings. The maximum absolute atomic E-state index is 12.6. The Hall–Kier alpha value is -2.47. The van der Waals surface area contributed by atoms with E-state index in [0.717, 1.165) is 0 Å². The number of ether oxygens (including phenoxy) is 2. The van der Waals surface area contributed by atoms with Crippen LogP contribution in [-0.4, -0.2) is 34.6 Å². The number of methoxy groups -OCH3 is 1. The summed E-state index contributed by atoms with van der Waals surface area (Å²) < 4.78 is 10.1. The average molecular weight is 349 g/mol. The number of halogens is 1. The minimum absolute atomic E-state index is 0.0553. The monoisotopic (exact) mass is 348 g/mol. The molecule has 126 valence electrons. The molecule has 1 aromatic heterocycles. The van der Waals surface area contributed by atoms with Crippen LogP contribution in [0.2, 0.25) is 5.28 Å². The van der Waals surface area contributed by atoms with Crippen molar-refractivity contribution < 1.29 is 19.1 Å². The van der Waals surface area contributed by atoms with Crippen LogP contribution in [0.3, 0.4) is 0 Å². The molecule has 1 aromatic carbocycles. The van der Waals surface area contributed by atoms with E-state index in [0.29, 0.717) is 11.3 Å². The van der Waals surface area contributed by atoms with Crippen molar-refractivity contribution in [3.63, 3.8) is 0 Å². The second-order valence-electron chi connectivity index (χ2n) is 5.96. The zero-order valence-electron chi connectivity index (χ0n) is 13.8. The summed E-state index contributed by atoms with van der Waals surface area (Å²) in [6.07, 6.45) is 1.48. The molecule has 0 bridgehead atoms. The molecule has 0 amide bonds. The summed E-state index contributed by atoms with van der Waals surface area (Å²) in [4.78, 5) is 32.2. The van der Waals surface area contributed by atoms with Gasteiger partial charge in [0.15, 0.2) is 0 Å². The lowest BCUT2D eigenvalue weighted by molar-refractivity contribution is 0.00704. The summed E-state index contributed by atoms with van der Waals surface area (Å²) in [5.74, 6) is -1.12. The summed E-state index contributed by atoms with van der Waals surface area (Å²) in [7, 11) is 1.27. The summed E-state index contributed by atoms with van der Waals surface area (Å²) in [6, 6.07) is 6.19. The lowest BCUT2D eigenvalue weighted by Crippen LogP contribution is -2.24. The van der Waals surface area contributed by atoms with Gasteiger partial charge < -0.3 is 9.47 Å². The molecule has 0 unspecified atom stereocenters. The minimum Gasteiger partial charge on any atom is -0.465 e. The quantitative estimate of drug-likeness (QED) is 0.623. The summed E-state index contributed by atoms with van der Waals surface area (Å²) >= 11 is 5.82. The third-order valence-corrected chi connectivity index (χ3v) is 3.14. The largest absolute Gasteiger partial charge is 0.465 e. The molecule has 2 rings (SSSR count). The number of hydrogen-bond acceptors (Lipinski definition) is 6. The van der Waals surface area contributed by atoms with Crippen LogP contribution in [0, 0.1) is 0 Å². The van der Waals surface area contributed by atoms with E-state index < -0.39 is 17.5 Å². The fraction of sp³-hybridized carbons (Fsp3) is 0.294. The predicted molar refractivity (Wildman–Crippen MR) is 89.0 cm³/mol. The molecule has 0 saturated heterocycles.